The van der Waals surface area contributed by atoms with Gasteiger partial charge in [-0.3, -0.25) is 10.0 Å². The standard InChI is InChI=1S/C22H26FNO4S/c1-15(11-21(25)24-26)16-3-5-19(6-4-16)29-20-13-17(12-18(23)14-20)22(27-2)7-9-28-10-8-22/h3-6,12-15,26H,7-11H2,1-2H3,(H,24,25). The number of hydrogen-bond acceptors (Lipinski definition) is 5. The van der Waals surface area contributed by atoms with Crippen LogP contribution in [0.3, 0.4) is 0 Å². The van der Waals surface area contributed by atoms with Gasteiger partial charge < -0.3 is 9.47 Å². The molecule has 1 aliphatic rings. The molecule has 1 aliphatic heterocycles. The van der Waals surface area contributed by atoms with Crippen molar-refractivity contribution in [3.63, 3.8) is 0 Å². The van der Waals surface area contributed by atoms with Crippen LogP contribution in [0, 0.1) is 5.82 Å². The SMILES string of the molecule is COC1(c2cc(F)cc(Sc3ccc(C(C)CC(=O)NO)cc3)c2)CCOCC1. The molecule has 0 aliphatic carbocycles. The van der Waals surface area contributed by atoms with Crippen LogP contribution in [0.5, 0.6) is 0 Å². The van der Waals surface area contributed by atoms with Gasteiger partial charge in [-0.1, -0.05) is 30.8 Å². The average molecular weight is 420 g/mol. The average Bonchev–Trinajstić information content (AvgIpc) is 2.74. The number of hydrogen-bond donors (Lipinski definition) is 2. The molecular formula is C22H26FNO4S. The van der Waals surface area contributed by atoms with E-state index < -0.39 is 11.5 Å². The Hall–Kier alpha value is -1.93. The van der Waals surface area contributed by atoms with Crippen LogP contribution in [0.25, 0.3) is 0 Å². The van der Waals surface area contributed by atoms with E-state index >= 15 is 0 Å². The number of ether oxygens (including phenoxy) is 2. The highest BCUT2D eigenvalue weighted by molar-refractivity contribution is 7.99. The molecule has 29 heavy (non-hydrogen) atoms. The smallest absolute Gasteiger partial charge is 0.243 e. The Labute approximate surface area is 174 Å². The van der Waals surface area contributed by atoms with Gasteiger partial charge in [-0.2, -0.15) is 0 Å². The van der Waals surface area contributed by atoms with E-state index in [-0.39, 0.29) is 18.2 Å². The molecule has 3 rings (SSSR count). The zero-order valence-electron chi connectivity index (χ0n) is 16.6. The number of carbonyl (C=O) groups is 1. The van der Waals surface area contributed by atoms with Gasteiger partial charge in [0.15, 0.2) is 0 Å². The summed E-state index contributed by atoms with van der Waals surface area (Å²) in [4.78, 5) is 13.1. The van der Waals surface area contributed by atoms with Crippen LogP contribution in [-0.2, 0) is 19.9 Å². The zero-order valence-corrected chi connectivity index (χ0v) is 17.4. The zero-order chi connectivity index (χ0) is 20.9. The summed E-state index contributed by atoms with van der Waals surface area (Å²) in [6.45, 7) is 3.12. The van der Waals surface area contributed by atoms with Crippen LogP contribution in [0.2, 0.25) is 0 Å². The molecule has 0 aromatic heterocycles. The molecule has 0 radical (unpaired) electrons. The van der Waals surface area contributed by atoms with Crippen molar-refractivity contribution in [3.05, 3.63) is 59.4 Å². The van der Waals surface area contributed by atoms with Crippen molar-refractivity contribution in [2.24, 2.45) is 0 Å². The molecule has 1 atom stereocenters. The van der Waals surface area contributed by atoms with Crippen LogP contribution >= 0.6 is 11.8 Å². The van der Waals surface area contributed by atoms with Crippen molar-refractivity contribution in [1.82, 2.24) is 5.48 Å². The summed E-state index contributed by atoms with van der Waals surface area (Å²) < 4.78 is 25.6. The lowest BCUT2D eigenvalue weighted by molar-refractivity contribution is -0.129. The molecule has 1 unspecified atom stereocenters. The van der Waals surface area contributed by atoms with Crippen LogP contribution in [0.15, 0.2) is 52.3 Å². The van der Waals surface area contributed by atoms with Gasteiger partial charge in [0.05, 0.1) is 5.60 Å². The summed E-state index contributed by atoms with van der Waals surface area (Å²) in [5, 5.41) is 8.66. The predicted octanol–water partition coefficient (Wildman–Crippen LogP) is 4.63. The lowest BCUT2D eigenvalue weighted by Gasteiger charge is -2.36. The first-order chi connectivity index (χ1) is 14.0. The molecule has 1 saturated heterocycles. The van der Waals surface area contributed by atoms with E-state index in [1.54, 1.807) is 18.7 Å². The molecule has 0 saturated carbocycles. The van der Waals surface area contributed by atoms with Crippen molar-refractivity contribution < 1.29 is 23.9 Å². The minimum Gasteiger partial charge on any atom is -0.381 e. The van der Waals surface area contributed by atoms with Crippen LogP contribution in [-0.4, -0.2) is 31.4 Å². The van der Waals surface area contributed by atoms with Crippen molar-refractivity contribution in [2.75, 3.05) is 20.3 Å². The van der Waals surface area contributed by atoms with Crippen molar-refractivity contribution >= 4 is 17.7 Å². The van der Waals surface area contributed by atoms with Gasteiger partial charge in [-0.15, -0.1) is 0 Å². The van der Waals surface area contributed by atoms with Gasteiger partial charge in [-0.25, -0.2) is 9.87 Å². The minimum atomic E-state index is -0.512. The second kappa shape index (κ2) is 9.71. The molecule has 5 nitrogen and oxygen atoms in total. The molecule has 1 fully saturated rings. The monoisotopic (exact) mass is 419 g/mol. The molecule has 2 aromatic rings. The van der Waals surface area contributed by atoms with Crippen LogP contribution in [0.4, 0.5) is 4.39 Å². The van der Waals surface area contributed by atoms with Gasteiger partial charge in [0.25, 0.3) is 0 Å². The maximum absolute atomic E-state index is 14.4. The van der Waals surface area contributed by atoms with Gasteiger partial charge in [0, 0.05) is 49.4 Å². The van der Waals surface area contributed by atoms with Crippen LogP contribution < -0.4 is 5.48 Å². The van der Waals surface area contributed by atoms with E-state index in [1.165, 1.54) is 17.8 Å². The summed E-state index contributed by atoms with van der Waals surface area (Å²) in [6.07, 6.45) is 1.61. The molecule has 7 heteroatoms. The van der Waals surface area contributed by atoms with E-state index in [9.17, 15) is 9.18 Å². The Balaban J connectivity index is 1.76. The largest absolute Gasteiger partial charge is 0.381 e. The van der Waals surface area contributed by atoms with Gasteiger partial charge in [0.2, 0.25) is 5.91 Å². The fraction of sp³-hybridized carbons (Fsp3) is 0.409. The highest BCUT2D eigenvalue weighted by atomic mass is 32.2. The molecule has 2 aromatic carbocycles. The Morgan fingerprint density at radius 2 is 1.93 bits per heavy atom. The van der Waals surface area contributed by atoms with Gasteiger partial charge in [-0.05, 0) is 47.4 Å². The highest BCUT2D eigenvalue weighted by Crippen LogP contribution is 2.39. The lowest BCUT2D eigenvalue weighted by Crippen LogP contribution is -2.35. The summed E-state index contributed by atoms with van der Waals surface area (Å²) >= 11 is 1.48. The quantitative estimate of drug-likeness (QED) is 0.506. The molecule has 0 bridgehead atoms. The first-order valence-electron chi connectivity index (χ1n) is 9.60. The number of carbonyl (C=O) groups excluding carboxylic acids is 1. The molecule has 1 amide bonds. The number of benzene rings is 2. The number of halogens is 1. The predicted molar refractivity (Wildman–Crippen MR) is 109 cm³/mol. The van der Waals surface area contributed by atoms with Gasteiger partial charge in [0.1, 0.15) is 5.82 Å². The Kier molecular flexibility index (Phi) is 7.29. The van der Waals surface area contributed by atoms with E-state index in [0.717, 1.165) is 20.9 Å². The van der Waals surface area contributed by atoms with E-state index in [2.05, 4.69) is 0 Å². The number of amides is 1. The first kappa shape index (κ1) is 21.8. The highest BCUT2D eigenvalue weighted by Gasteiger charge is 2.35. The van der Waals surface area contributed by atoms with E-state index in [4.69, 9.17) is 14.7 Å². The fourth-order valence-electron chi connectivity index (χ4n) is 3.64. The van der Waals surface area contributed by atoms with E-state index in [1.807, 2.05) is 37.3 Å². The van der Waals surface area contributed by atoms with Crippen molar-refractivity contribution in [2.45, 2.75) is 47.5 Å². The second-order valence-electron chi connectivity index (χ2n) is 7.30. The summed E-state index contributed by atoms with van der Waals surface area (Å²) in [6, 6.07) is 12.9. The molecule has 0 spiro atoms. The normalized spacial score (nSPS) is 17.0. The number of rotatable bonds is 7. The van der Waals surface area contributed by atoms with Crippen LogP contribution in [0.1, 0.15) is 43.2 Å². The Morgan fingerprint density at radius 1 is 1.24 bits per heavy atom. The fourth-order valence-corrected chi connectivity index (χ4v) is 4.54. The second-order valence-corrected chi connectivity index (χ2v) is 8.44. The maximum atomic E-state index is 14.4. The van der Waals surface area contributed by atoms with E-state index in [0.29, 0.717) is 26.1 Å². The van der Waals surface area contributed by atoms with Crippen molar-refractivity contribution in [1.29, 1.82) is 0 Å². The molecular weight excluding hydrogens is 393 g/mol. The molecule has 1 heterocycles. The lowest BCUT2D eigenvalue weighted by atomic mass is 9.86. The number of nitrogens with one attached hydrogen (secondary N) is 1. The minimum absolute atomic E-state index is 0.0166. The third-order valence-corrected chi connectivity index (χ3v) is 6.37. The number of methoxy groups -OCH3 is 1. The maximum Gasteiger partial charge on any atom is 0.243 e. The van der Waals surface area contributed by atoms with Crippen molar-refractivity contribution in [3.8, 4) is 0 Å². The molecule has 2 N–H and O–H groups in total. The first-order valence-corrected chi connectivity index (χ1v) is 10.4. The topological polar surface area (TPSA) is 67.8 Å². The number of hydroxylamine groups is 1. The summed E-state index contributed by atoms with van der Waals surface area (Å²) in [5.41, 5.74) is 2.98. The van der Waals surface area contributed by atoms with Gasteiger partial charge >= 0.3 is 0 Å². The summed E-state index contributed by atoms with van der Waals surface area (Å²) in [7, 11) is 1.67. The summed E-state index contributed by atoms with van der Waals surface area (Å²) in [5.74, 6) is -0.714. The third-order valence-electron chi connectivity index (χ3n) is 5.39. The third kappa shape index (κ3) is 5.36. The Bertz CT molecular complexity index is 837. The molecule has 156 valence electrons. The Morgan fingerprint density at radius 3 is 2.55 bits per heavy atom.